The van der Waals surface area contributed by atoms with E-state index < -0.39 is 0 Å². The van der Waals surface area contributed by atoms with Crippen LogP contribution in [0.25, 0.3) is 0 Å². The Hall–Kier alpha value is -2.80. The summed E-state index contributed by atoms with van der Waals surface area (Å²) in [5.74, 6) is 0.728. The fourth-order valence-corrected chi connectivity index (χ4v) is 3.99. The summed E-state index contributed by atoms with van der Waals surface area (Å²) in [4.78, 5) is 11.4. The highest BCUT2D eigenvalue weighted by molar-refractivity contribution is 5.80. The van der Waals surface area contributed by atoms with Crippen LogP contribution in [0.4, 0.5) is 15.8 Å². The van der Waals surface area contributed by atoms with Gasteiger partial charge in [0.25, 0.3) is 0 Å². The zero-order valence-corrected chi connectivity index (χ0v) is 17.6. The van der Waals surface area contributed by atoms with Crippen molar-refractivity contribution in [3.63, 3.8) is 0 Å². The molecule has 0 unspecified atom stereocenters. The Labute approximate surface area is 177 Å². The summed E-state index contributed by atoms with van der Waals surface area (Å²) in [7, 11) is 1.83. The molecule has 0 spiro atoms. The molecule has 4 rings (SSSR count). The van der Waals surface area contributed by atoms with Gasteiger partial charge in [-0.15, -0.1) is 0 Å². The van der Waals surface area contributed by atoms with Crippen LogP contribution in [0.5, 0.6) is 0 Å². The van der Waals surface area contributed by atoms with Gasteiger partial charge in [-0.1, -0.05) is 12.1 Å². The van der Waals surface area contributed by atoms with Gasteiger partial charge in [-0.05, 0) is 42.0 Å². The van der Waals surface area contributed by atoms with Crippen molar-refractivity contribution in [2.75, 3.05) is 69.3 Å². The summed E-state index contributed by atoms with van der Waals surface area (Å²) in [5, 5.41) is 3.49. The first kappa shape index (κ1) is 20.5. The van der Waals surface area contributed by atoms with Gasteiger partial charge in [0.1, 0.15) is 5.82 Å². The summed E-state index contributed by atoms with van der Waals surface area (Å²) >= 11 is 0. The van der Waals surface area contributed by atoms with E-state index >= 15 is 0 Å². The van der Waals surface area contributed by atoms with Gasteiger partial charge in [0.15, 0.2) is 5.96 Å². The Balaban J connectivity index is 1.27. The minimum atomic E-state index is -0.194. The molecule has 2 aliphatic rings. The van der Waals surface area contributed by atoms with E-state index in [0.29, 0.717) is 0 Å². The Morgan fingerprint density at radius 1 is 0.867 bits per heavy atom. The summed E-state index contributed by atoms with van der Waals surface area (Å²) in [6, 6.07) is 15.5. The van der Waals surface area contributed by atoms with Crippen LogP contribution >= 0.6 is 0 Å². The first-order valence-electron chi connectivity index (χ1n) is 10.6. The van der Waals surface area contributed by atoms with Crippen LogP contribution in [-0.2, 0) is 11.3 Å². The Morgan fingerprint density at radius 3 is 2.03 bits per heavy atom. The van der Waals surface area contributed by atoms with Gasteiger partial charge in [0.05, 0.1) is 13.2 Å². The lowest BCUT2D eigenvalue weighted by Gasteiger charge is -2.37. The van der Waals surface area contributed by atoms with Gasteiger partial charge in [-0.3, -0.25) is 4.99 Å². The second-order valence-electron chi connectivity index (χ2n) is 7.62. The average Bonchev–Trinajstić information content (AvgIpc) is 2.81. The monoisotopic (exact) mass is 411 g/mol. The van der Waals surface area contributed by atoms with Gasteiger partial charge < -0.3 is 24.8 Å². The van der Waals surface area contributed by atoms with Crippen LogP contribution in [0.2, 0.25) is 0 Å². The van der Waals surface area contributed by atoms with E-state index in [0.717, 1.165) is 70.7 Å². The Morgan fingerprint density at radius 2 is 1.43 bits per heavy atom. The van der Waals surface area contributed by atoms with E-state index in [4.69, 9.17) is 4.74 Å². The van der Waals surface area contributed by atoms with Crippen molar-refractivity contribution >= 4 is 17.3 Å². The second-order valence-corrected chi connectivity index (χ2v) is 7.62. The molecule has 0 atom stereocenters. The minimum Gasteiger partial charge on any atom is -0.378 e. The zero-order chi connectivity index (χ0) is 20.8. The Bertz CT molecular complexity index is 826. The minimum absolute atomic E-state index is 0.194. The molecule has 0 aliphatic carbocycles. The molecular formula is C23H30FN5O. The van der Waals surface area contributed by atoms with E-state index in [-0.39, 0.29) is 5.82 Å². The molecule has 2 saturated heterocycles. The van der Waals surface area contributed by atoms with Crippen LogP contribution in [-0.4, -0.2) is 70.4 Å². The lowest BCUT2D eigenvalue weighted by molar-refractivity contribution is 0.122. The molecule has 0 saturated carbocycles. The summed E-state index contributed by atoms with van der Waals surface area (Å²) in [6.45, 7) is 7.79. The first-order chi connectivity index (χ1) is 14.7. The molecule has 2 aromatic carbocycles. The number of aliphatic imine (C=N–C) groups is 1. The smallest absolute Gasteiger partial charge is 0.194 e. The highest BCUT2D eigenvalue weighted by atomic mass is 19.1. The maximum atomic E-state index is 13.2. The van der Waals surface area contributed by atoms with Gasteiger partial charge in [-0.2, -0.15) is 0 Å². The zero-order valence-electron chi connectivity index (χ0n) is 17.6. The molecule has 160 valence electrons. The number of morpholine rings is 1. The van der Waals surface area contributed by atoms with E-state index in [1.54, 1.807) is 0 Å². The molecule has 2 heterocycles. The van der Waals surface area contributed by atoms with Crippen molar-refractivity contribution in [2.24, 2.45) is 4.99 Å². The number of hydrogen-bond donors (Lipinski definition) is 1. The molecule has 2 aliphatic heterocycles. The van der Waals surface area contributed by atoms with Crippen LogP contribution in [0.15, 0.2) is 53.5 Å². The van der Waals surface area contributed by atoms with E-state index in [1.807, 2.05) is 19.2 Å². The largest absolute Gasteiger partial charge is 0.378 e. The molecular weight excluding hydrogens is 381 g/mol. The molecule has 0 aromatic heterocycles. The third-order valence-electron chi connectivity index (χ3n) is 5.75. The maximum absolute atomic E-state index is 13.2. The topological polar surface area (TPSA) is 43.3 Å². The second kappa shape index (κ2) is 9.80. The molecule has 0 radical (unpaired) electrons. The first-order valence-corrected chi connectivity index (χ1v) is 10.6. The molecule has 0 amide bonds. The molecule has 1 N–H and O–H groups in total. The third kappa shape index (κ3) is 5.02. The van der Waals surface area contributed by atoms with Crippen LogP contribution in [0.3, 0.4) is 0 Å². The number of benzene rings is 2. The van der Waals surface area contributed by atoms with Crippen molar-refractivity contribution < 1.29 is 9.13 Å². The number of hydrogen-bond acceptors (Lipinski definition) is 4. The van der Waals surface area contributed by atoms with E-state index in [9.17, 15) is 4.39 Å². The molecule has 30 heavy (non-hydrogen) atoms. The number of piperazine rings is 1. The van der Waals surface area contributed by atoms with Gasteiger partial charge in [-0.25, -0.2) is 4.39 Å². The number of guanidine groups is 1. The predicted octanol–water partition coefficient (Wildman–Crippen LogP) is 2.56. The normalized spacial score (nSPS) is 17.9. The van der Waals surface area contributed by atoms with E-state index in [1.165, 1.54) is 23.4 Å². The molecule has 2 fully saturated rings. The van der Waals surface area contributed by atoms with Crippen LogP contribution in [0, 0.1) is 5.82 Å². The summed E-state index contributed by atoms with van der Waals surface area (Å²) in [5.41, 5.74) is 3.56. The van der Waals surface area contributed by atoms with Gasteiger partial charge >= 0.3 is 0 Å². The van der Waals surface area contributed by atoms with E-state index in [2.05, 4.69) is 49.3 Å². The van der Waals surface area contributed by atoms with Crippen molar-refractivity contribution in [3.8, 4) is 0 Å². The number of nitrogens with zero attached hydrogens (tertiary/aromatic N) is 4. The van der Waals surface area contributed by atoms with Crippen molar-refractivity contribution in [1.29, 1.82) is 0 Å². The SMILES string of the molecule is CN=C(NCc1ccc(N2CCOCC2)cc1)N1CCN(c2ccc(F)cc2)CC1. The highest BCUT2D eigenvalue weighted by Crippen LogP contribution is 2.18. The molecule has 2 aromatic rings. The van der Waals surface area contributed by atoms with Crippen molar-refractivity contribution in [3.05, 3.63) is 59.9 Å². The van der Waals surface area contributed by atoms with Crippen molar-refractivity contribution in [1.82, 2.24) is 10.2 Å². The number of nitrogens with one attached hydrogen (secondary N) is 1. The quantitative estimate of drug-likeness (QED) is 0.619. The fraction of sp³-hybridized carbons (Fsp3) is 0.435. The third-order valence-corrected chi connectivity index (χ3v) is 5.75. The fourth-order valence-electron chi connectivity index (χ4n) is 3.99. The van der Waals surface area contributed by atoms with Crippen LogP contribution < -0.4 is 15.1 Å². The number of ether oxygens (including phenoxy) is 1. The highest BCUT2D eigenvalue weighted by Gasteiger charge is 2.20. The summed E-state index contributed by atoms with van der Waals surface area (Å²) in [6.07, 6.45) is 0. The molecule has 6 nitrogen and oxygen atoms in total. The summed E-state index contributed by atoms with van der Waals surface area (Å²) < 4.78 is 18.6. The maximum Gasteiger partial charge on any atom is 0.194 e. The van der Waals surface area contributed by atoms with Crippen molar-refractivity contribution in [2.45, 2.75) is 6.54 Å². The number of halogens is 1. The van der Waals surface area contributed by atoms with Gasteiger partial charge in [0.2, 0.25) is 0 Å². The standard InChI is InChI=1S/C23H30FN5O/c1-25-23(29-12-10-27(11-13-29)22-8-4-20(24)5-9-22)26-18-19-2-6-21(7-3-19)28-14-16-30-17-15-28/h2-9H,10-18H2,1H3,(H,25,26). The molecule has 7 heteroatoms. The lowest BCUT2D eigenvalue weighted by atomic mass is 10.2. The predicted molar refractivity (Wildman–Crippen MR) is 120 cm³/mol. The Kier molecular flexibility index (Phi) is 6.69. The average molecular weight is 412 g/mol. The lowest BCUT2D eigenvalue weighted by Crippen LogP contribution is -2.52. The molecule has 0 bridgehead atoms. The number of rotatable bonds is 4. The van der Waals surface area contributed by atoms with Crippen LogP contribution in [0.1, 0.15) is 5.56 Å². The van der Waals surface area contributed by atoms with Gasteiger partial charge in [0, 0.05) is 64.2 Å². The number of anilines is 2.